The molecule has 2 aliphatic rings. The van der Waals surface area contributed by atoms with E-state index in [2.05, 4.69) is 32.6 Å². The molecule has 1 atom stereocenters. The number of hydrogen-bond donors (Lipinski definition) is 3. The number of cyclic esters (lactones) is 1. The summed E-state index contributed by atoms with van der Waals surface area (Å²) in [6.45, 7) is 7.95. The Bertz CT molecular complexity index is 1050. The lowest BCUT2D eigenvalue weighted by molar-refractivity contribution is -0.132. The second kappa shape index (κ2) is 11.8. The molecule has 2 aromatic carbocycles. The molecule has 2 aromatic rings. The van der Waals surface area contributed by atoms with Gasteiger partial charge in [0.2, 0.25) is 5.91 Å². The first-order valence-corrected chi connectivity index (χ1v) is 12.2. The van der Waals surface area contributed by atoms with E-state index in [4.69, 9.17) is 4.74 Å². The molecule has 0 spiro atoms. The number of fused-ring (bicyclic) bond motifs is 1. The van der Waals surface area contributed by atoms with E-state index in [0.717, 1.165) is 62.4 Å². The highest BCUT2D eigenvalue weighted by molar-refractivity contribution is 5.92. The number of hydrazine groups is 2. The zero-order valence-corrected chi connectivity index (χ0v) is 20.4. The number of hydrogen-bond acceptors (Lipinski definition) is 8. The van der Waals surface area contributed by atoms with Gasteiger partial charge >= 0.3 is 5.97 Å². The molecule has 0 bridgehead atoms. The third-order valence-electron chi connectivity index (χ3n) is 6.41. The molecule has 0 radical (unpaired) electrons. The average molecular weight is 479 g/mol. The molecule has 0 aliphatic carbocycles. The van der Waals surface area contributed by atoms with Gasteiger partial charge in [-0.1, -0.05) is 24.3 Å². The predicted octanol–water partition coefficient (Wildman–Crippen LogP) is 2.14. The molecule has 9 heteroatoms. The molecule has 35 heavy (non-hydrogen) atoms. The summed E-state index contributed by atoms with van der Waals surface area (Å²) >= 11 is 0. The lowest BCUT2D eigenvalue weighted by Crippen LogP contribution is -2.49. The number of carbonyl (C=O) groups excluding carboxylic acids is 2. The minimum atomic E-state index is -0.217. The average Bonchev–Trinajstić information content (AvgIpc) is 2.86. The number of anilines is 1. The van der Waals surface area contributed by atoms with Crippen LogP contribution in [-0.4, -0.2) is 66.7 Å². The third-order valence-corrected chi connectivity index (χ3v) is 6.41. The summed E-state index contributed by atoms with van der Waals surface area (Å²) in [5.41, 5.74) is 13.3. The summed E-state index contributed by atoms with van der Waals surface area (Å²) in [5, 5.41) is 3.83. The summed E-state index contributed by atoms with van der Waals surface area (Å²) in [4.78, 5) is 29.2. The number of esters is 1. The second-order valence-electron chi connectivity index (χ2n) is 9.01. The number of benzene rings is 2. The highest BCUT2D eigenvalue weighted by atomic mass is 16.5. The van der Waals surface area contributed by atoms with E-state index in [9.17, 15) is 9.59 Å². The van der Waals surface area contributed by atoms with Crippen LogP contribution in [0.3, 0.4) is 0 Å². The SMILES string of the molecule is C/C=N\NNNc1ccc(CC(=O)N2CCN(CCc3ccc4c(c3)CC(C)OC4=O)CC2)cc1. The number of nitrogens with zero attached hydrogens (tertiary/aromatic N) is 3. The Labute approximate surface area is 206 Å². The van der Waals surface area contributed by atoms with Crippen LogP contribution in [-0.2, 0) is 28.8 Å². The summed E-state index contributed by atoms with van der Waals surface area (Å²) in [6, 6.07) is 13.8. The molecule has 1 saturated heterocycles. The predicted molar refractivity (Wildman–Crippen MR) is 136 cm³/mol. The standard InChI is InChI=1S/C26H34N6O3/c1-3-27-29-30-28-23-7-4-20(5-8-23)18-25(33)32-14-12-31(13-15-32)11-10-21-6-9-24-22(17-21)16-19(2)35-26(24)34/h3-9,17,19,28-30H,10-16,18H2,1-2H3/b27-3-. The van der Waals surface area contributed by atoms with Crippen molar-refractivity contribution >= 4 is 23.8 Å². The van der Waals surface area contributed by atoms with Crippen LogP contribution in [0.2, 0.25) is 0 Å². The van der Waals surface area contributed by atoms with Gasteiger partial charge in [0.1, 0.15) is 6.10 Å². The minimum absolute atomic E-state index is 0.0643. The number of ether oxygens (including phenoxy) is 1. The largest absolute Gasteiger partial charge is 0.459 e. The molecule has 2 aliphatic heterocycles. The zero-order valence-electron chi connectivity index (χ0n) is 20.4. The zero-order chi connectivity index (χ0) is 24.6. The Balaban J connectivity index is 1.19. The van der Waals surface area contributed by atoms with Gasteiger partial charge in [0.05, 0.1) is 17.7 Å². The number of amides is 1. The topological polar surface area (TPSA) is 98.3 Å². The van der Waals surface area contributed by atoms with E-state index in [1.165, 1.54) is 5.56 Å². The number of carbonyl (C=O) groups is 2. The van der Waals surface area contributed by atoms with Crippen molar-refractivity contribution in [2.24, 2.45) is 5.10 Å². The van der Waals surface area contributed by atoms with Gasteiger partial charge in [0, 0.05) is 45.4 Å². The summed E-state index contributed by atoms with van der Waals surface area (Å²) in [7, 11) is 0. The van der Waals surface area contributed by atoms with Crippen LogP contribution >= 0.6 is 0 Å². The maximum absolute atomic E-state index is 12.8. The molecule has 1 fully saturated rings. The van der Waals surface area contributed by atoms with Gasteiger partial charge in [-0.3, -0.25) is 9.69 Å². The monoisotopic (exact) mass is 478 g/mol. The van der Waals surface area contributed by atoms with Crippen molar-refractivity contribution in [3.63, 3.8) is 0 Å². The quantitative estimate of drug-likeness (QED) is 0.220. The van der Waals surface area contributed by atoms with Crippen LogP contribution in [0.5, 0.6) is 0 Å². The van der Waals surface area contributed by atoms with Crippen molar-refractivity contribution in [1.82, 2.24) is 20.9 Å². The minimum Gasteiger partial charge on any atom is -0.459 e. The summed E-state index contributed by atoms with van der Waals surface area (Å²) in [5.74, 6) is -0.0521. The Morgan fingerprint density at radius 1 is 1.11 bits per heavy atom. The fourth-order valence-electron chi connectivity index (χ4n) is 4.47. The van der Waals surface area contributed by atoms with E-state index < -0.39 is 0 Å². The maximum Gasteiger partial charge on any atom is 0.338 e. The van der Waals surface area contributed by atoms with E-state index in [1.807, 2.05) is 55.1 Å². The van der Waals surface area contributed by atoms with Crippen molar-refractivity contribution < 1.29 is 14.3 Å². The summed E-state index contributed by atoms with van der Waals surface area (Å²) in [6.07, 6.45) is 3.68. The first kappa shape index (κ1) is 24.7. The van der Waals surface area contributed by atoms with Gasteiger partial charge in [-0.2, -0.15) is 5.10 Å². The van der Waals surface area contributed by atoms with Crippen LogP contribution in [0, 0.1) is 0 Å². The molecule has 2 heterocycles. The molecule has 1 unspecified atom stereocenters. The van der Waals surface area contributed by atoms with Gasteiger partial charge in [0.25, 0.3) is 0 Å². The molecular weight excluding hydrogens is 444 g/mol. The summed E-state index contributed by atoms with van der Waals surface area (Å²) < 4.78 is 5.31. The fraction of sp³-hybridized carbons (Fsp3) is 0.423. The Morgan fingerprint density at radius 2 is 1.86 bits per heavy atom. The molecule has 3 N–H and O–H groups in total. The molecule has 9 nitrogen and oxygen atoms in total. The van der Waals surface area contributed by atoms with Gasteiger partial charge in [-0.05, 0) is 55.2 Å². The lowest BCUT2D eigenvalue weighted by atomic mass is 9.96. The Kier molecular flexibility index (Phi) is 8.33. The molecule has 0 saturated carbocycles. The van der Waals surface area contributed by atoms with E-state index in [1.54, 1.807) is 6.21 Å². The number of nitrogens with one attached hydrogen (secondary N) is 3. The van der Waals surface area contributed by atoms with Crippen molar-refractivity contribution in [2.45, 2.75) is 39.2 Å². The van der Waals surface area contributed by atoms with E-state index >= 15 is 0 Å². The van der Waals surface area contributed by atoms with Crippen LogP contribution in [0.4, 0.5) is 5.69 Å². The number of piperazine rings is 1. The van der Waals surface area contributed by atoms with Gasteiger partial charge < -0.3 is 15.1 Å². The molecule has 0 aromatic heterocycles. The van der Waals surface area contributed by atoms with Crippen molar-refractivity contribution in [3.05, 3.63) is 64.7 Å². The first-order valence-electron chi connectivity index (χ1n) is 12.2. The highest BCUT2D eigenvalue weighted by Crippen LogP contribution is 2.22. The van der Waals surface area contributed by atoms with Gasteiger partial charge in [0.15, 0.2) is 0 Å². The van der Waals surface area contributed by atoms with E-state index in [0.29, 0.717) is 12.0 Å². The van der Waals surface area contributed by atoms with Gasteiger partial charge in [-0.25, -0.2) is 10.3 Å². The second-order valence-corrected chi connectivity index (χ2v) is 9.01. The van der Waals surface area contributed by atoms with Crippen molar-refractivity contribution in [3.8, 4) is 0 Å². The van der Waals surface area contributed by atoms with Crippen LogP contribution in [0.15, 0.2) is 47.6 Å². The third kappa shape index (κ3) is 6.80. The van der Waals surface area contributed by atoms with Gasteiger partial charge in [-0.15, -0.1) is 5.53 Å². The molecule has 186 valence electrons. The fourth-order valence-corrected chi connectivity index (χ4v) is 4.47. The van der Waals surface area contributed by atoms with Crippen LogP contribution in [0.1, 0.15) is 40.9 Å². The smallest absolute Gasteiger partial charge is 0.338 e. The normalized spacial score (nSPS) is 18.3. The Morgan fingerprint density at radius 3 is 2.60 bits per heavy atom. The number of hydrazone groups is 1. The first-order chi connectivity index (χ1) is 17.0. The highest BCUT2D eigenvalue weighted by Gasteiger charge is 2.24. The molecular formula is C26H34N6O3. The lowest BCUT2D eigenvalue weighted by Gasteiger charge is -2.35. The van der Waals surface area contributed by atoms with Crippen LogP contribution < -0.4 is 16.5 Å². The molecule has 4 rings (SSSR count). The number of rotatable bonds is 9. The van der Waals surface area contributed by atoms with Crippen LogP contribution in [0.25, 0.3) is 0 Å². The molecule has 1 amide bonds. The maximum atomic E-state index is 12.8. The van der Waals surface area contributed by atoms with Crippen molar-refractivity contribution in [2.75, 3.05) is 38.1 Å². The Hall–Kier alpha value is -3.43. The van der Waals surface area contributed by atoms with E-state index in [-0.39, 0.29) is 18.0 Å². The van der Waals surface area contributed by atoms with Crippen molar-refractivity contribution in [1.29, 1.82) is 0 Å².